The van der Waals surface area contributed by atoms with E-state index in [-0.39, 0.29) is 11.5 Å². The molecule has 138 valence electrons. The SMILES string of the molecule is Cn1c(=O)c(N(C(=O)O)c2ccc(=O)oc2)c(N)n(-c2ccccc2)c1=O. The average molecular weight is 370 g/mol. The van der Waals surface area contributed by atoms with Crippen molar-refractivity contribution in [1.82, 2.24) is 9.13 Å². The molecule has 27 heavy (non-hydrogen) atoms. The van der Waals surface area contributed by atoms with Gasteiger partial charge in [0, 0.05) is 13.1 Å². The Balaban J connectivity index is 2.38. The molecule has 3 rings (SSSR count). The van der Waals surface area contributed by atoms with Crippen molar-refractivity contribution in [3.05, 3.63) is 80.0 Å². The fraction of sp³-hybridized carbons (Fsp3) is 0.0588. The minimum absolute atomic E-state index is 0.121. The van der Waals surface area contributed by atoms with Gasteiger partial charge < -0.3 is 15.3 Å². The van der Waals surface area contributed by atoms with Crippen LogP contribution in [0.2, 0.25) is 0 Å². The van der Waals surface area contributed by atoms with E-state index in [1.807, 2.05) is 0 Å². The van der Waals surface area contributed by atoms with Crippen LogP contribution in [0, 0.1) is 0 Å². The Morgan fingerprint density at radius 2 is 1.78 bits per heavy atom. The molecule has 0 radical (unpaired) electrons. The van der Waals surface area contributed by atoms with Crippen LogP contribution in [0.15, 0.2) is 67.5 Å². The van der Waals surface area contributed by atoms with Crippen LogP contribution in [0.5, 0.6) is 0 Å². The molecule has 0 aliphatic carbocycles. The van der Waals surface area contributed by atoms with Gasteiger partial charge in [0.05, 0.1) is 11.4 Å². The van der Waals surface area contributed by atoms with Crippen molar-refractivity contribution in [3.8, 4) is 5.69 Å². The number of nitrogens with zero attached hydrogens (tertiary/aromatic N) is 3. The fourth-order valence-electron chi connectivity index (χ4n) is 2.56. The van der Waals surface area contributed by atoms with Gasteiger partial charge in [0.2, 0.25) is 0 Å². The summed E-state index contributed by atoms with van der Waals surface area (Å²) in [4.78, 5) is 48.8. The van der Waals surface area contributed by atoms with Crippen LogP contribution in [-0.2, 0) is 7.05 Å². The number of amides is 1. The van der Waals surface area contributed by atoms with Gasteiger partial charge in [-0.25, -0.2) is 23.9 Å². The first-order valence-corrected chi connectivity index (χ1v) is 7.61. The van der Waals surface area contributed by atoms with E-state index in [1.54, 1.807) is 30.3 Å². The van der Waals surface area contributed by atoms with E-state index in [1.165, 1.54) is 7.05 Å². The highest BCUT2D eigenvalue weighted by molar-refractivity contribution is 5.97. The van der Waals surface area contributed by atoms with Gasteiger partial charge in [-0.15, -0.1) is 0 Å². The number of anilines is 3. The van der Waals surface area contributed by atoms with E-state index >= 15 is 0 Å². The number of benzene rings is 1. The fourth-order valence-corrected chi connectivity index (χ4v) is 2.56. The third-order valence-electron chi connectivity index (χ3n) is 3.84. The topological polar surface area (TPSA) is 141 Å². The molecule has 0 atom stereocenters. The number of carboxylic acid groups (broad SMARTS) is 1. The van der Waals surface area contributed by atoms with Gasteiger partial charge in [-0.2, -0.15) is 0 Å². The molecule has 3 N–H and O–H groups in total. The summed E-state index contributed by atoms with van der Waals surface area (Å²) in [7, 11) is 1.21. The lowest BCUT2D eigenvalue weighted by Gasteiger charge is -2.22. The zero-order chi connectivity index (χ0) is 19.7. The first kappa shape index (κ1) is 17.7. The number of nitrogen functional groups attached to an aromatic ring is 1. The summed E-state index contributed by atoms with van der Waals surface area (Å²) >= 11 is 0. The summed E-state index contributed by atoms with van der Waals surface area (Å²) < 4.78 is 6.44. The van der Waals surface area contributed by atoms with Gasteiger partial charge in [-0.1, -0.05) is 18.2 Å². The van der Waals surface area contributed by atoms with Crippen molar-refractivity contribution in [2.24, 2.45) is 7.05 Å². The molecule has 3 aromatic rings. The molecule has 0 unspecified atom stereocenters. The van der Waals surface area contributed by atoms with Crippen molar-refractivity contribution in [3.63, 3.8) is 0 Å². The molecule has 0 saturated carbocycles. The number of aromatic nitrogens is 2. The predicted molar refractivity (Wildman–Crippen MR) is 96.8 cm³/mol. The zero-order valence-electron chi connectivity index (χ0n) is 14.0. The second-order valence-corrected chi connectivity index (χ2v) is 5.48. The first-order chi connectivity index (χ1) is 12.8. The van der Waals surface area contributed by atoms with E-state index in [4.69, 9.17) is 5.73 Å². The number of hydrogen-bond acceptors (Lipinski definition) is 6. The largest absolute Gasteiger partial charge is 0.464 e. The first-order valence-electron chi connectivity index (χ1n) is 7.61. The summed E-state index contributed by atoms with van der Waals surface area (Å²) in [6.07, 6.45) is -0.668. The van der Waals surface area contributed by atoms with E-state index in [9.17, 15) is 24.3 Å². The highest BCUT2D eigenvalue weighted by Crippen LogP contribution is 2.27. The lowest BCUT2D eigenvalue weighted by atomic mass is 10.3. The molecule has 0 fully saturated rings. The minimum Gasteiger partial charge on any atom is -0.464 e. The molecule has 0 bridgehead atoms. The van der Waals surface area contributed by atoms with Gasteiger partial charge >= 0.3 is 17.4 Å². The molecule has 0 aliphatic heterocycles. The van der Waals surface area contributed by atoms with E-state index < -0.39 is 28.7 Å². The second kappa shape index (κ2) is 6.67. The maximum absolute atomic E-state index is 12.7. The summed E-state index contributed by atoms with van der Waals surface area (Å²) in [5, 5.41) is 9.64. The van der Waals surface area contributed by atoms with Crippen LogP contribution in [0.1, 0.15) is 0 Å². The van der Waals surface area contributed by atoms with Crippen LogP contribution in [0.25, 0.3) is 5.69 Å². The van der Waals surface area contributed by atoms with E-state index in [0.717, 1.165) is 27.5 Å². The molecule has 1 aromatic carbocycles. The Morgan fingerprint density at radius 1 is 1.11 bits per heavy atom. The van der Waals surface area contributed by atoms with Gasteiger partial charge in [0.25, 0.3) is 5.56 Å². The molecule has 0 saturated heterocycles. The Kier molecular flexibility index (Phi) is 4.38. The van der Waals surface area contributed by atoms with Crippen molar-refractivity contribution in [1.29, 1.82) is 0 Å². The molecule has 0 spiro atoms. The van der Waals surface area contributed by atoms with Gasteiger partial charge in [0.15, 0.2) is 5.69 Å². The number of para-hydroxylation sites is 1. The normalized spacial score (nSPS) is 10.6. The standard InChI is InChI=1S/C17H14N4O6/c1-19-15(23)13(20(17(25)26)11-7-8-12(22)27-9-11)14(18)21(16(19)24)10-5-3-2-4-6-10/h2-9H,18H2,1H3,(H,25,26). The quantitative estimate of drug-likeness (QED) is 0.697. The summed E-state index contributed by atoms with van der Waals surface area (Å²) in [5.74, 6) is -0.372. The maximum Gasteiger partial charge on any atom is 0.416 e. The molecule has 2 aromatic heterocycles. The van der Waals surface area contributed by atoms with Crippen molar-refractivity contribution >= 4 is 23.3 Å². The molecule has 2 heterocycles. The molecule has 10 nitrogen and oxygen atoms in total. The maximum atomic E-state index is 12.7. The smallest absolute Gasteiger partial charge is 0.416 e. The van der Waals surface area contributed by atoms with Gasteiger partial charge in [-0.3, -0.25) is 9.36 Å². The summed E-state index contributed by atoms with van der Waals surface area (Å²) in [5.41, 5.74) is 3.45. The van der Waals surface area contributed by atoms with Crippen LogP contribution < -0.4 is 27.5 Å². The number of nitrogens with two attached hydrogens (primary N) is 1. The number of rotatable bonds is 3. The predicted octanol–water partition coefficient (Wildman–Crippen LogP) is 0.888. The number of carbonyl (C=O) groups is 1. The Bertz CT molecular complexity index is 1170. The van der Waals surface area contributed by atoms with Crippen LogP contribution in [0.4, 0.5) is 22.0 Å². The molecular weight excluding hydrogens is 356 g/mol. The van der Waals surface area contributed by atoms with Crippen molar-refractivity contribution in [2.75, 3.05) is 10.6 Å². The molecule has 0 aliphatic rings. The monoisotopic (exact) mass is 370 g/mol. The summed E-state index contributed by atoms with van der Waals surface area (Å²) in [6.45, 7) is 0. The molecule has 10 heteroatoms. The van der Waals surface area contributed by atoms with E-state index in [0.29, 0.717) is 10.6 Å². The third kappa shape index (κ3) is 2.99. The van der Waals surface area contributed by atoms with Crippen LogP contribution in [-0.4, -0.2) is 20.3 Å². The molecule has 1 amide bonds. The zero-order valence-corrected chi connectivity index (χ0v) is 14.0. The summed E-state index contributed by atoms with van der Waals surface area (Å²) in [6, 6.07) is 10.4. The van der Waals surface area contributed by atoms with Gasteiger partial charge in [-0.05, 0) is 18.2 Å². The Hall–Kier alpha value is -4.08. The lowest BCUT2D eigenvalue weighted by molar-refractivity contribution is 0.204. The van der Waals surface area contributed by atoms with E-state index in [2.05, 4.69) is 4.42 Å². The van der Waals surface area contributed by atoms with Crippen molar-refractivity contribution in [2.45, 2.75) is 0 Å². The number of hydrogen-bond donors (Lipinski definition) is 2. The minimum atomic E-state index is -1.55. The third-order valence-corrected chi connectivity index (χ3v) is 3.84. The second-order valence-electron chi connectivity index (χ2n) is 5.48. The van der Waals surface area contributed by atoms with Crippen LogP contribution in [0.3, 0.4) is 0 Å². The Labute approximate surface area is 150 Å². The molecular formula is C17H14N4O6. The lowest BCUT2D eigenvalue weighted by Crippen LogP contribution is -2.43. The highest BCUT2D eigenvalue weighted by Gasteiger charge is 2.27. The highest BCUT2D eigenvalue weighted by atomic mass is 16.4. The van der Waals surface area contributed by atoms with Crippen molar-refractivity contribution < 1.29 is 14.3 Å². The average Bonchev–Trinajstić information content (AvgIpc) is 2.65. The Morgan fingerprint density at radius 3 is 2.33 bits per heavy atom. The van der Waals surface area contributed by atoms with Crippen LogP contribution >= 0.6 is 0 Å². The van der Waals surface area contributed by atoms with Gasteiger partial charge in [0.1, 0.15) is 12.1 Å².